The molecule has 0 atom stereocenters. The van der Waals surface area contributed by atoms with E-state index in [9.17, 15) is 9.36 Å². The van der Waals surface area contributed by atoms with Gasteiger partial charge in [-0.3, -0.25) is 9.88 Å². The average Bonchev–Trinajstić information content (AvgIpc) is 2.37. The molecule has 6 nitrogen and oxygen atoms in total. The monoisotopic (exact) mass is 329 g/mol. The van der Waals surface area contributed by atoms with Crippen molar-refractivity contribution in [2.75, 3.05) is 18.5 Å². The van der Waals surface area contributed by atoms with Gasteiger partial charge in [-0.25, -0.2) is 4.79 Å². The smallest absolute Gasteiger partial charge is 0.412 e. The average molecular weight is 329 g/mol. The first-order valence-corrected chi connectivity index (χ1v) is 8.74. The second kappa shape index (κ2) is 7.77. The van der Waals surface area contributed by atoms with E-state index >= 15 is 0 Å². The third-order valence-electron chi connectivity index (χ3n) is 2.43. The fourth-order valence-electron chi connectivity index (χ4n) is 1.68. The van der Waals surface area contributed by atoms with Crippen LogP contribution in [0.5, 0.6) is 0 Å². The maximum Gasteiger partial charge on any atom is 0.412 e. The number of rotatable bonds is 6. The first-order valence-electron chi connectivity index (χ1n) is 7.20. The fraction of sp³-hybridized carbons (Fsp3) is 0.533. The molecule has 1 aromatic carbocycles. The molecule has 124 valence electrons. The van der Waals surface area contributed by atoms with Crippen LogP contribution in [0.4, 0.5) is 10.5 Å². The lowest BCUT2D eigenvalue weighted by molar-refractivity contribution is 0.0636. The van der Waals surface area contributed by atoms with Crippen LogP contribution in [0.2, 0.25) is 0 Å². The highest BCUT2D eigenvalue weighted by molar-refractivity contribution is 7.62. The van der Waals surface area contributed by atoms with E-state index in [4.69, 9.17) is 13.8 Å². The highest BCUT2D eigenvalue weighted by Gasteiger charge is 2.26. The van der Waals surface area contributed by atoms with Crippen molar-refractivity contribution in [3.63, 3.8) is 0 Å². The van der Waals surface area contributed by atoms with Crippen LogP contribution in [0.3, 0.4) is 0 Å². The molecule has 7 heteroatoms. The van der Waals surface area contributed by atoms with E-state index in [1.165, 1.54) is 0 Å². The van der Waals surface area contributed by atoms with Crippen molar-refractivity contribution in [2.24, 2.45) is 0 Å². The molecule has 0 saturated heterocycles. The van der Waals surface area contributed by atoms with Gasteiger partial charge in [-0.15, -0.1) is 0 Å². The summed E-state index contributed by atoms with van der Waals surface area (Å²) in [5, 5.41) is 3.06. The Morgan fingerprint density at radius 1 is 1.09 bits per heavy atom. The summed E-state index contributed by atoms with van der Waals surface area (Å²) in [6, 6.07) is 6.48. The molecular formula is C15H24NO5P. The van der Waals surface area contributed by atoms with Crippen LogP contribution in [0, 0.1) is 0 Å². The Morgan fingerprint density at radius 2 is 1.59 bits per heavy atom. The largest absolute Gasteiger partial charge is 0.444 e. The molecule has 1 amide bonds. The van der Waals surface area contributed by atoms with Crippen LogP contribution < -0.4 is 10.6 Å². The Bertz CT molecular complexity index is 526. The minimum atomic E-state index is -3.30. The molecule has 22 heavy (non-hydrogen) atoms. The summed E-state index contributed by atoms with van der Waals surface area (Å²) in [5.74, 6) is 0. The summed E-state index contributed by atoms with van der Waals surface area (Å²) in [7, 11) is -3.30. The number of ether oxygens (including phenoxy) is 1. The molecule has 0 radical (unpaired) electrons. The number of hydrogen-bond acceptors (Lipinski definition) is 5. The van der Waals surface area contributed by atoms with Crippen molar-refractivity contribution in [1.29, 1.82) is 0 Å². The van der Waals surface area contributed by atoms with Crippen molar-refractivity contribution < 1.29 is 23.1 Å². The molecule has 1 N–H and O–H groups in total. The summed E-state index contributed by atoms with van der Waals surface area (Å²) in [6.07, 6.45) is -0.543. The van der Waals surface area contributed by atoms with E-state index in [2.05, 4.69) is 5.32 Å². The molecule has 0 aliphatic heterocycles. The molecule has 1 aromatic rings. The van der Waals surface area contributed by atoms with Crippen LogP contribution in [0.1, 0.15) is 34.6 Å². The van der Waals surface area contributed by atoms with E-state index in [0.717, 1.165) is 0 Å². The Morgan fingerprint density at radius 3 is 2.00 bits per heavy atom. The Kier molecular flexibility index (Phi) is 6.60. The lowest BCUT2D eigenvalue weighted by atomic mass is 10.2. The zero-order chi connectivity index (χ0) is 16.8. The number of benzene rings is 1. The van der Waals surface area contributed by atoms with Gasteiger partial charge < -0.3 is 13.8 Å². The molecule has 0 saturated carbocycles. The maximum atomic E-state index is 12.6. The summed E-state index contributed by atoms with van der Waals surface area (Å²) in [6.45, 7) is 9.45. The van der Waals surface area contributed by atoms with Crippen LogP contribution in [0.25, 0.3) is 0 Å². The van der Waals surface area contributed by atoms with Gasteiger partial charge in [0.1, 0.15) is 5.60 Å². The quantitative estimate of drug-likeness (QED) is 0.801. The second-order valence-corrected chi connectivity index (χ2v) is 7.53. The van der Waals surface area contributed by atoms with Crippen LogP contribution in [0.15, 0.2) is 24.3 Å². The topological polar surface area (TPSA) is 73.9 Å². The van der Waals surface area contributed by atoms with Gasteiger partial charge in [0.2, 0.25) is 0 Å². The van der Waals surface area contributed by atoms with Gasteiger partial charge in [-0.1, -0.05) is 0 Å². The van der Waals surface area contributed by atoms with E-state index in [-0.39, 0.29) is 13.2 Å². The van der Waals surface area contributed by atoms with Gasteiger partial charge in [-0.05, 0) is 58.9 Å². The molecule has 0 unspecified atom stereocenters. The number of carbonyl (C=O) groups excluding carboxylic acids is 1. The number of nitrogens with one attached hydrogen (secondary N) is 1. The number of hydrogen-bond donors (Lipinski definition) is 1. The van der Waals surface area contributed by atoms with Gasteiger partial charge in [0.15, 0.2) is 0 Å². The zero-order valence-corrected chi connectivity index (χ0v) is 14.6. The fourth-order valence-corrected chi connectivity index (χ4v) is 3.24. The molecule has 0 fully saturated rings. The Labute approximate surface area is 131 Å². The predicted octanol–water partition coefficient (Wildman–Crippen LogP) is 3.93. The predicted molar refractivity (Wildman–Crippen MR) is 86.8 cm³/mol. The minimum Gasteiger partial charge on any atom is -0.444 e. The first kappa shape index (κ1) is 18.7. The summed E-state index contributed by atoms with van der Waals surface area (Å²) in [5.41, 5.74) is -0.0264. The summed E-state index contributed by atoms with van der Waals surface area (Å²) in [4.78, 5) is 11.7. The Hall–Kier alpha value is -1.36. The highest BCUT2D eigenvalue weighted by atomic mass is 31.2. The van der Waals surface area contributed by atoms with Gasteiger partial charge in [0.05, 0.1) is 18.5 Å². The van der Waals surface area contributed by atoms with Crippen molar-refractivity contribution in [2.45, 2.75) is 40.2 Å². The summed E-state index contributed by atoms with van der Waals surface area (Å²) >= 11 is 0. The van der Waals surface area contributed by atoms with E-state index in [1.807, 2.05) is 0 Å². The Balaban J connectivity index is 2.81. The standard InChI is InChI=1S/C15H24NO5P/c1-6-19-22(18,20-7-2)13-10-8-12(9-11-13)16-14(17)21-15(3,4)5/h8-11H,6-7H2,1-5H3,(H,16,17). The first-order chi connectivity index (χ1) is 10.2. The van der Waals surface area contributed by atoms with Crippen molar-refractivity contribution in [3.05, 3.63) is 24.3 Å². The zero-order valence-electron chi connectivity index (χ0n) is 13.7. The van der Waals surface area contributed by atoms with Crippen molar-refractivity contribution in [3.8, 4) is 0 Å². The van der Waals surface area contributed by atoms with E-state index in [0.29, 0.717) is 11.0 Å². The van der Waals surface area contributed by atoms with Crippen LogP contribution in [-0.4, -0.2) is 24.9 Å². The van der Waals surface area contributed by atoms with E-state index in [1.54, 1.807) is 58.9 Å². The third-order valence-corrected chi connectivity index (χ3v) is 4.55. The SMILES string of the molecule is CCOP(=O)(OCC)c1ccc(NC(=O)OC(C)(C)C)cc1. The lowest BCUT2D eigenvalue weighted by Gasteiger charge is -2.20. The van der Waals surface area contributed by atoms with Gasteiger partial charge in [0, 0.05) is 5.69 Å². The van der Waals surface area contributed by atoms with Gasteiger partial charge >= 0.3 is 13.7 Å². The number of carbonyl (C=O) groups is 1. The van der Waals surface area contributed by atoms with Crippen molar-refractivity contribution in [1.82, 2.24) is 0 Å². The molecule has 0 bridgehead atoms. The minimum absolute atomic E-state index is 0.287. The molecule has 0 aliphatic carbocycles. The van der Waals surface area contributed by atoms with Gasteiger partial charge in [-0.2, -0.15) is 0 Å². The molecule has 0 spiro atoms. The number of anilines is 1. The van der Waals surface area contributed by atoms with Crippen LogP contribution in [-0.2, 0) is 18.3 Å². The van der Waals surface area contributed by atoms with Crippen molar-refractivity contribution >= 4 is 24.7 Å². The molecular weight excluding hydrogens is 305 g/mol. The molecule has 1 rings (SSSR count). The third kappa shape index (κ3) is 5.79. The van der Waals surface area contributed by atoms with Gasteiger partial charge in [0.25, 0.3) is 0 Å². The normalized spacial score (nSPS) is 12.0. The highest BCUT2D eigenvalue weighted by Crippen LogP contribution is 2.46. The molecule has 0 heterocycles. The summed E-state index contributed by atoms with van der Waals surface area (Å²) < 4.78 is 28.3. The lowest BCUT2D eigenvalue weighted by Crippen LogP contribution is -2.27. The van der Waals surface area contributed by atoms with Crippen LogP contribution >= 0.6 is 7.60 Å². The molecule has 0 aromatic heterocycles. The number of amides is 1. The second-order valence-electron chi connectivity index (χ2n) is 5.51. The maximum absolute atomic E-state index is 12.6. The molecule has 0 aliphatic rings. The van der Waals surface area contributed by atoms with E-state index < -0.39 is 19.3 Å².